The van der Waals surface area contributed by atoms with E-state index in [4.69, 9.17) is 10.2 Å². The number of allylic oxidation sites excluding steroid dienone is 1. The van der Waals surface area contributed by atoms with Crippen molar-refractivity contribution in [2.45, 2.75) is 19.3 Å². The predicted molar refractivity (Wildman–Crippen MR) is 48.1 cm³/mol. The minimum Gasteiger partial charge on any atom is -0.354 e. The minimum absolute atomic E-state index is 0.00753. The van der Waals surface area contributed by atoms with Crippen molar-refractivity contribution in [3.05, 3.63) is 40.1 Å². The van der Waals surface area contributed by atoms with Crippen molar-refractivity contribution in [2.24, 2.45) is 0 Å². The molecule has 0 fully saturated rings. The van der Waals surface area contributed by atoms with Gasteiger partial charge in [0.1, 0.15) is 0 Å². The maximum atomic E-state index is 10.3. The van der Waals surface area contributed by atoms with E-state index in [9.17, 15) is 10.1 Å². The topological polar surface area (TPSA) is 95.6 Å². The van der Waals surface area contributed by atoms with Gasteiger partial charge in [-0.25, -0.2) is 0 Å². The van der Waals surface area contributed by atoms with E-state index >= 15 is 0 Å². The van der Waals surface area contributed by atoms with Crippen molar-refractivity contribution >= 4 is 0 Å². The van der Waals surface area contributed by atoms with Crippen LogP contribution in [0, 0.1) is 16.2 Å². The van der Waals surface area contributed by atoms with Gasteiger partial charge in [0.2, 0.25) is 5.91 Å². The molecule has 0 unspecified atom stereocenters. The second-order valence-corrected chi connectivity index (χ2v) is 3.09. The van der Waals surface area contributed by atoms with Crippen LogP contribution >= 0.6 is 0 Å². The second kappa shape index (κ2) is 3.87. The zero-order valence-electron chi connectivity index (χ0n) is 7.60. The summed E-state index contributed by atoms with van der Waals surface area (Å²) in [6.45, 7) is 1.17. The lowest BCUT2D eigenvalue weighted by molar-refractivity contribution is -0.419. The van der Waals surface area contributed by atoms with Crippen molar-refractivity contribution in [1.29, 1.82) is 0 Å². The van der Waals surface area contributed by atoms with Gasteiger partial charge < -0.3 is 10.2 Å². The average Bonchev–Trinajstić information content (AvgIpc) is 2.02. The number of aliphatic hydroxyl groups is 2. The van der Waals surface area contributed by atoms with Crippen molar-refractivity contribution in [2.75, 3.05) is 0 Å². The summed E-state index contributed by atoms with van der Waals surface area (Å²) >= 11 is 0. The van der Waals surface area contributed by atoms with Gasteiger partial charge in [0.05, 0.1) is 11.0 Å². The fraction of sp³-hybridized carbons (Fsp3) is 0.375. The summed E-state index contributed by atoms with van der Waals surface area (Å²) in [5.41, 5.74) is 0.00753. The maximum Gasteiger partial charge on any atom is 0.265 e. The Hall–Kier alpha value is -1.24. The molecule has 0 atom stereocenters. The SMILES string of the molecule is CC(O)(O)N[C]1C=CC([N+](=O)[O-])=CC1. The molecule has 0 aliphatic heterocycles. The normalized spacial score (nSPS) is 18.1. The van der Waals surface area contributed by atoms with E-state index in [1.807, 2.05) is 0 Å². The van der Waals surface area contributed by atoms with Gasteiger partial charge in [-0.3, -0.25) is 15.4 Å². The Morgan fingerprint density at radius 2 is 2.21 bits per heavy atom. The summed E-state index contributed by atoms with van der Waals surface area (Å²) in [6.07, 6.45) is 4.43. The van der Waals surface area contributed by atoms with Crippen molar-refractivity contribution in [3.8, 4) is 0 Å². The molecule has 1 radical (unpaired) electrons. The predicted octanol–water partition coefficient (Wildman–Crippen LogP) is -0.113. The Balaban J connectivity index is 2.53. The van der Waals surface area contributed by atoms with Crippen LogP contribution in [0.2, 0.25) is 0 Å². The highest BCUT2D eigenvalue weighted by Gasteiger charge is 2.22. The monoisotopic (exact) mass is 199 g/mol. The van der Waals surface area contributed by atoms with Crippen LogP contribution in [-0.4, -0.2) is 21.0 Å². The zero-order valence-corrected chi connectivity index (χ0v) is 7.60. The van der Waals surface area contributed by atoms with Gasteiger partial charge in [-0.15, -0.1) is 0 Å². The molecule has 0 heterocycles. The molecule has 6 nitrogen and oxygen atoms in total. The Labute approximate surface area is 80.7 Å². The third-order valence-corrected chi connectivity index (χ3v) is 1.59. The molecule has 0 saturated heterocycles. The first-order valence-electron chi connectivity index (χ1n) is 4.00. The number of nitrogens with zero attached hydrogens (tertiary/aromatic N) is 1. The van der Waals surface area contributed by atoms with Crippen LogP contribution in [0.3, 0.4) is 0 Å². The molecule has 1 aliphatic rings. The van der Waals surface area contributed by atoms with E-state index in [2.05, 4.69) is 5.32 Å². The van der Waals surface area contributed by atoms with Gasteiger partial charge in [0.15, 0.2) is 0 Å². The van der Waals surface area contributed by atoms with Gasteiger partial charge in [0, 0.05) is 13.0 Å². The van der Waals surface area contributed by atoms with E-state index in [1.165, 1.54) is 25.2 Å². The summed E-state index contributed by atoms with van der Waals surface area (Å²) in [6, 6.07) is 0.517. The van der Waals surface area contributed by atoms with Crippen LogP contribution in [0.15, 0.2) is 23.9 Å². The van der Waals surface area contributed by atoms with E-state index in [1.54, 1.807) is 0 Å². The number of hydrogen-bond acceptors (Lipinski definition) is 5. The third-order valence-electron chi connectivity index (χ3n) is 1.59. The molecule has 0 saturated carbocycles. The van der Waals surface area contributed by atoms with Gasteiger partial charge >= 0.3 is 0 Å². The lowest BCUT2D eigenvalue weighted by Crippen LogP contribution is -2.43. The van der Waals surface area contributed by atoms with E-state index < -0.39 is 10.8 Å². The smallest absolute Gasteiger partial charge is 0.265 e. The molecule has 1 rings (SSSR count). The molecule has 0 aromatic rings. The van der Waals surface area contributed by atoms with Crippen molar-refractivity contribution < 1.29 is 15.1 Å². The molecule has 1 aliphatic carbocycles. The first-order valence-corrected chi connectivity index (χ1v) is 4.00. The molecule has 77 valence electrons. The van der Waals surface area contributed by atoms with Gasteiger partial charge in [-0.2, -0.15) is 0 Å². The quantitative estimate of drug-likeness (QED) is 0.335. The van der Waals surface area contributed by atoms with Crippen LogP contribution in [0.4, 0.5) is 0 Å². The largest absolute Gasteiger partial charge is 0.354 e. The molecule has 3 N–H and O–H groups in total. The van der Waals surface area contributed by atoms with Crippen LogP contribution < -0.4 is 5.32 Å². The van der Waals surface area contributed by atoms with E-state index in [-0.39, 0.29) is 12.1 Å². The van der Waals surface area contributed by atoms with E-state index in [0.717, 1.165) is 0 Å². The van der Waals surface area contributed by atoms with Gasteiger partial charge in [-0.1, -0.05) is 6.08 Å². The van der Waals surface area contributed by atoms with Crippen molar-refractivity contribution in [3.63, 3.8) is 0 Å². The number of nitrogens with one attached hydrogen (secondary N) is 1. The van der Waals surface area contributed by atoms with E-state index in [0.29, 0.717) is 6.04 Å². The molecule has 0 aromatic carbocycles. The van der Waals surface area contributed by atoms with Crippen molar-refractivity contribution in [1.82, 2.24) is 5.32 Å². The zero-order chi connectivity index (χ0) is 10.8. The number of rotatable bonds is 3. The van der Waals surface area contributed by atoms with Crippen LogP contribution in [-0.2, 0) is 0 Å². The Morgan fingerprint density at radius 1 is 1.57 bits per heavy atom. The summed E-state index contributed by atoms with van der Waals surface area (Å²) in [7, 11) is 0. The third kappa shape index (κ3) is 3.25. The Morgan fingerprint density at radius 3 is 2.57 bits per heavy atom. The molecule has 0 aromatic heterocycles. The van der Waals surface area contributed by atoms with Crippen LogP contribution in [0.25, 0.3) is 0 Å². The fourth-order valence-electron chi connectivity index (χ4n) is 1.07. The fourth-order valence-corrected chi connectivity index (χ4v) is 1.07. The summed E-state index contributed by atoms with van der Waals surface area (Å²) in [5, 5.41) is 30.7. The standard InChI is InChI=1S/C8H11N2O4/c1-8(11,12)9-6-2-4-7(5-3-6)10(13)14/h2,4-5,9,11-12H,3H2,1H3. The first kappa shape index (κ1) is 10.8. The Kier molecular flexibility index (Phi) is 3.00. The molecule has 0 amide bonds. The van der Waals surface area contributed by atoms with Crippen LogP contribution in [0.5, 0.6) is 0 Å². The second-order valence-electron chi connectivity index (χ2n) is 3.09. The summed E-state index contributed by atoms with van der Waals surface area (Å²) < 4.78 is 0. The lowest BCUT2D eigenvalue weighted by atomic mass is 10.1. The molecule has 6 heteroatoms. The maximum absolute atomic E-state index is 10.3. The Bertz CT molecular complexity index is 290. The number of hydrogen-bond donors (Lipinski definition) is 3. The molecule has 0 spiro atoms. The highest BCUT2D eigenvalue weighted by atomic mass is 16.6. The van der Waals surface area contributed by atoms with Crippen LogP contribution in [0.1, 0.15) is 13.3 Å². The molecular formula is C8H11N2O4. The number of nitro groups is 1. The summed E-state index contributed by atoms with van der Waals surface area (Å²) in [4.78, 5) is 9.81. The lowest BCUT2D eigenvalue weighted by Gasteiger charge is -2.23. The van der Waals surface area contributed by atoms with Gasteiger partial charge in [-0.05, 0) is 12.5 Å². The minimum atomic E-state index is -2.00. The summed E-state index contributed by atoms with van der Waals surface area (Å²) in [5.74, 6) is -2.00. The van der Waals surface area contributed by atoms with Gasteiger partial charge in [0.25, 0.3) is 5.70 Å². The molecule has 0 bridgehead atoms. The molecular weight excluding hydrogens is 188 g/mol. The first-order chi connectivity index (χ1) is 6.38. The highest BCUT2D eigenvalue weighted by molar-refractivity contribution is 5.26. The molecule has 14 heavy (non-hydrogen) atoms. The average molecular weight is 199 g/mol. The highest BCUT2D eigenvalue weighted by Crippen LogP contribution is 2.17.